The smallest absolute Gasteiger partial charge is 0.220 e. The minimum atomic E-state index is -0.165. The van der Waals surface area contributed by atoms with Gasteiger partial charge in [-0.15, -0.1) is 0 Å². The molecule has 2 heterocycles. The average molecular weight is 334 g/mol. The van der Waals surface area contributed by atoms with E-state index < -0.39 is 0 Å². The van der Waals surface area contributed by atoms with E-state index in [1.807, 2.05) is 13.0 Å². The summed E-state index contributed by atoms with van der Waals surface area (Å²) in [5.74, 6) is 0.519. The molecule has 0 saturated carbocycles. The van der Waals surface area contributed by atoms with Crippen LogP contribution in [0.3, 0.4) is 0 Å². The summed E-state index contributed by atoms with van der Waals surface area (Å²) in [6.45, 7) is 5.17. The normalized spacial score (nSPS) is 21.9. The Morgan fingerprint density at radius 2 is 2.12 bits per heavy atom. The van der Waals surface area contributed by atoms with Gasteiger partial charge in [0.15, 0.2) is 0 Å². The highest BCUT2D eigenvalue weighted by Crippen LogP contribution is 2.24. The molecule has 2 saturated heterocycles. The van der Waals surface area contributed by atoms with Gasteiger partial charge < -0.3 is 15.0 Å². The Bertz CT molecular complexity index is 564. The number of nitrogens with zero attached hydrogens (tertiary/aromatic N) is 1. The molecule has 1 atom stereocenters. The van der Waals surface area contributed by atoms with Gasteiger partial charge in [-0.2, -0.15) is 0 Å². The number of nitrogens with one attached hydrogen (secondary N) is 1. The zero-order valence-electron chi connectivity index (χ0n) is 14.4. The summed E-state index contributed by atoms with van der Waals surface area (Å²) in [7, 11) is 0. The van der Waals surface area contributed by atoms with Gasteiger partial charge >= 0.3 is 0 Å². The van der Waals surface area contributed by atoms with E-state index >= 15 is 0 Å². The third kappa shape index (κ3) is 4.47. The fourth-order valence-corrected chi connectivity index (χ4v) is 3.58. The molecule has 1 amide bonds. The molecular formula is C19H27FN2O2. The number of anilines is 1. The first-order valence-corrected chi connectivity index (χ1v) is 9.00. The monoisotopic (exact) mass is 334 g/mol. The van der Waals surface area contributed by atoms with Gasteiger partial charge in [0, 0.05) is 38.8 Å². The summed E-state index contributed by atoms with van der Waals surface area (Å²) in [6.07, 6.45) is 4.31. The zero-order valence-corrected chi connectivity index (χ0v) is 14.4. The number of aryl methyl sites for hydroxylation is 1. The van der Waals surface area contributed by atoms with E-state index in [1.165, 1.54) is 6.07 Å². The Kier molecular flexibility index (Phi) is 5.72. The van der Waals surface area contributed by atoms with E-state index in [0.29, 0.717) is 18.0 Å². The molecule has 0 unspecified atom stereocenters. The number of ether oxygens (including phenoxy) is 1. The fourth-order valence-electron chi connectivity index (χ4n) is 3.58. The van der Waals surface area contributed by atoms with Crippen molar-refractivity contribution in [1.82, 2.24) is 5.32 Å². The second-order valence-corrected chi connectivity index (χ2v) is 7.05. The van der Waals surface area contributed by atoms with Crippen LogP contribution >= 0.6 is 0 Å². The molecule has 1 N–H and O–H groups in total. The predicted octanol–water partition coefficient (Wildman–Crippen LogP) is 3.04. The van der Waals surface area contributed by atoms with Crippen LogP contribution in [-0.4, -0.2) is 38.3 Å². The molecule has 2 fully saturated rings. The lowest BCUT2D eigenvalue weighted by molar-refractivity contribution is -0.122. The van der Waals surface area contributed by atoms with Gasteiger partial charge in [-0.1, -0.05) is 6.07 Å². The van der Waals surface area contributed by atoms with Gasteiger partial charge in [-0.25, -0.2) is 4.39 Å². The maximum absolute atomic E-state index is 14.0. The summed E-state index contributed by atoms with van der Waals surface area (Å²) in [5.41, 5.74) is 1.75. The third-order valence-electron chi connectivity index (χ3n) is 5.11. The van der Waals surface area contributed by atoms with Gasteiger partial charge in [-0.05, 0) is 56.2 Å². The average Bonchev–Trinajstić information content (AvgIpc) is 3.10. The van der Waals surface area contributed by atoms with Crippen molar-refractivity contribution in [2.75, 3.05) is 31.2 Å². The van der Waals surface area contributed by atoms with Crippen molar-refractivity contribution in [2.45, 2.75) is 45.1 Å². The Morgan fingerprint density at radius 1 is 1.33 bits per heavy atom. The number of halogens is 1. The van der Waals surface area contributed by atoms with Gasteiger partial charge in [0.05, 0.1) is 5.69 Å². The summed E-state index contributed by atoms with van der Waals surface area (Å²) in [5, 5.41) is 3.14. The highest BCUT2D eigenvalue weighted by molar-refractivity contribution is 5.76. The molecule has 2 aliphatic rings. The molecular weight excluding hydrogens is 307 g/mol. The molecule has 4 nitrogen and oxygen atoms in total. The molecule has 132 valence electrons. The van der Waals surface area contributed by atoms with E-state index in [0.717, 1.165) is 57.6 Å². The van der Waals surface area contributed by atoms with Gasteiger partial charge in [0.1, 0.15) is 5.82 Å². The van der Waals surface area contributed by atoms with Gasteiger partial charge in [0.25, 0.3) is 0 Å². The minimum absolute atomic E-state index is 0.141. The highest BCUT2D eigenvalue weighted by Gasteiger charge is 2.23. The molecule has 0 spiro atoms. The molecule has 1 aromatic carbocycles. The van der Waals surface area contributed by atoms with Crippen LogP contribution in [0.25, 0.3) is 0 Å². The van der Waals surface area contributed by atoms with Crippen molar-refractivity contribution in [3.63, 3.8) is 0 Å². The van der Waals surface area contributed by atoms with Crippen molar-refractivity contribution in [3.8, 4) is 0 Å². The SMILES string of the molecule is Cc1ccc(F)c(N2CCC(NC(=O)CC[C@H]3CCOC3)CC2)c1. The van der Waals surface area contributed by atoms with Crippen molar-refractivity contribution >= 4 is 11.6 Å². The number of benzene rings is 1. The standard InChI is InChI=1S/C19H27FN2O2/c1-14-2-4-17(20)18(12-14)22-9-6-16(7-10-22)21-19(23)5-3-15-8-11-24-13-15/h2,4,12,15-16H,3,5-11,13H2,1H3,(H,21,23)/t15-/m0/s1. The van der Waals surface area contributed by atoms with Gasteiger partial charge in [0.2, 0.25) is 5.91 Å². The summed E-state index contributed by atoms with van der Waals surface area (Å²) < 4.78 is 19.3. The lowest BCUT2D eigenvalue weighted by Crippen LogP contribution is -2.45. The van der Waals surface area contributed by atoms with Crippen molar-refractivity contribution in [1.29, 1.82) is 0 Å². The van der Waals surface area contributed by atoms with E-state index in [4.69, 9.17) is 4.74 Å². The number of carbonyl (C=O) groups is 1. The van der Waals surface area contributed by atoms with Crippen LogP contribution in [0.5, 0.6) is 0 Å². The Morgan fingerprint density at radius 3 is 2.83 bits per heavy atom. The van der Waals surface area contributed by atoms with Crippen LogP contribution in [0.1, 0.15) is 37.7 Å². The lowest BCUT2D eigenvalue weighted by atomic mass is 10.0. The van der Waals surface area contributed by atoms with Crippen LogP contribution in [0, 0.1) is 18.7 Å². The quantitative estimate of drug-likeness (QED) is 0.900. The number of hydrogen-bond acceptors (Lipinski definition) is 3. The highest BCUT2D eigenvalue weighted by atomic mass is 19.1. The fraction of sp³-hybridized carbons (Fsp3) is 0.632. The summed E-state index contributed by atoms with van der Waals surface area (Å²) in [4.78, 5) is 14.2. The van der Waals surface area contributed by atoms with Crippen LogP contribution in [0.15, 0.2) is 18.2 Å². The molecule has 0 radical (unpaired) electrons. The first-order valence-electron chi connectivity index (χ1n) is 9.00. The predicted molar refractivity (Wildman–Crippen MR) is 92.7 cm³/mol. The van der Waals surface area contributed by atoms with Crippen LogP contribution < -0.4 is 10.2 Å². The molecule has 2 aliphatic heterocycles. The largest absolute Gasteiger partial charge is 0.381 e. The zero-order chi connectivity index (χ0) is 16.9. The second kappa shape index (κ2) is 7.97. The van der Waals surface area contributed by atoms with Crippen molar-refractivity contribution < 1.29 is 13.9 Å². The van der Waals surface area contributed by atoms with Crippen LogP contribution in [0.2, 0.25) is 0 Å². The first kappa shape index (κ1) is 17.2. The molecule has 24 heavy (non-hydrogen) atoms. The lowest BCUT2D eigenvalue weighted by Gasteiger charge is -2.34. The Hall–Kier alpha value is -1.62. The topological polar surface area (TPSA) is 41.6 Å². The number of carbonyl (C=O) groups excluding carboxylic acids is 1. The third-order valence-corrected chi connectivity index (χ3v) is 5.11. The van der Waals surface area contributed by atoms with Crippen LogP contribution in [-0.2, 0) is 9.53 Å². The summed E-state index contributed by atoms with van der Waals surface area (Å²) >= 11 is 0. The van der Waals surface area contributed by atoms with E-state index in [1.54, 1.807) is 6.07 Å². The summed E-state index contributed by atoms with van der Waals surface area (Å²) in [6, 6.07) is 5.44. The molecule has 3 rings (SSSR count). The maximum atomic E-state index is 14.0. The van der Waals surface area contributed by atoms with E-state index in [9.17, 15) is 9.18 Å². The van der Waals surface area contributed by atoms with Crippen LogP contribution in [0.4, 0.5) is 10.1 Å². The second-order valence-electron chi connectivity index (χ2n) is 7.05. The molecule has 0 bridgehead atoms. The van der Waals surface area contributed by atoms with Crippen molar-refractivity contribution in [3.05, 3.63) is 29.6 Å². The number of hydrogen-bond donors (Lipinski definition) is 1. The Labute approximate surface area is 143 Å². The maximum Gasteiger partial charge on any atom is 0.220 e. The minimum Gasteiger partial charge on any atom is -0.381 e. The molecule has 0 aliphatic carbocycles. The number of piperidine rings is 1. The van der Waals surface area contributed by atoms with E-state index in [2.05, 4.69) is 10.2 Å². The molecule has 5 heteroatoms. The number of rotatable bonds is 5. The molecule has 1 aromatic rings. The van der Waals surface area contributed by atoms with Crippen molar-refractivity contribution in [2.24, 2.45) is 5.92 Å². The Balaban J connectivity index is 1.43. The number of amides is 1. The first-order chi connectivity index (χ1) is 11.6. The van der Waals surface area contributed by atoms with Gasteiger partial charge in [-0.3, -0.25) is 4.79 Å². The van der Waals surface area contributed by atoms with E-state index in [-0.39, 0.29) is 17.8 Å². The molecule has 0 aromatic heterocycles.